The highest BCUT2D eigenvalue weighted by molar-refractivity contribution is 7.92. The van der Waals surface area contributed by atoms with Gasteiger partial charge < -0.3 is 5.11 Å². The van der Waals surface area contributed by atoms with Gasteiger partial charge >= 0.3 is 5.97 Å². The van der Waals surface area contributed by atoms with E-state index in [2.05, 4.69) is 21.3 Å². The molecule has 0 atom stereocenters. The molecule has 28 heavy (non-hydrogen) atoms. The first kappa shape index (κ1) is 19.5. The maximum absolute atomic E-state index is 12.6. The molecule has 3 rings (SSSR count). The van der Waals surface area contributed by atoms with Crippen molar-refractivity contribution in [3.05, 3.63) is 77.5 Å². The Morgan fingerprint density at radius 3 is 2.57 bits per heavy atom. The van der Waals surface area contributed by atoms with Gasteiger partial charge in [0.1, 0.15) is 5.15 Å². The van der Waals surface area contributed by atoms with Crippen LogP contribution in [-0.4, -0.2) is 29.5 Å². The van der Waals surface area contributed by atoms with Gasteiger partial charge in [0.05, 0.1) is 16.2 Å². The zero-order valence-electron chi connectivity index (χ0n) is 14.3. The first-order valence-corrected chi connectivity index (χ1v) is 9.79. The zero-order chi connectivity index (χ0) is 20.3. The number of carbonyl (C=O) groups is 1. The Balaban J connectivity index is 2.01. The second-order valence-electron chi connectivity index (χ2n) is 5.63. The third-order valence-corrected chi connectivity index (χ3v) is 5.29. The average molecular weight is 416 g/mol. The summed E-state index contributed by atoms with van der Waals surface area (Å²) in [5.74, 6) is -1.47. The highest BCUT2D eigenvalue weighted by atomic mass is 35.5. The van der Waals surface area contributed by atoms with Crippen molar-refractivity contribution in [3.8, 4) is 11.3 Å². The molecular formula is C19H14ClN3O4S. The Hall–Kier alpha value is -3.23. The number of hydrogen-bond acceptors (Lipinski definition) is 5. The Labute approximate surface area is 166 Å². The van der Waals surface area contributed by atoms with Crippen LogP contribution >= 0.6 is 11.6 Å². The highest BCUT2D eigenvalue weighted by Gasteiger charge is 2.19. The zero-order valence-corrected chi connectivity index (χ0v) is 15.9. The first-order valence-electron chi connectivity index (χ1n) is 7.93. The topological polar surface area (TPSA) is 109 Å². The number of halogens is 1. The van der Waals surface area contributed by atoms with E-state index >= 15 is 0 Å². The lowest BCUT2D eigenvalue weighted by molar-refractivity contribution is 0.0696. The minimum absolute atomic E-state index is 0.0425. The van der Waals surface area contributed by atoms with Crippen molar-refractivity contribution in [2.24, 2.45) is 0 Å². The molecule has 0 spiro atoms. The van der Waals surface area contributed by atoms with Gasteiger partial charge in [-0.05, 0) is 23.8 Å². The summed E-state index contributed by atoms with van der Waals surface area (Å²) in [5.41, 5.74) is 1.75. The minimum Gasteiger partial charge on any atom is -0.478 e. The lowest BCUT2D eigenvalue weighted by Gasteiger charge is -2.10. The SMILES string of the molecule is C=Cc1ccccc1-c1cc(Cl)nc(NS(=O)(=O)c2cccc(C(=O)O)c2)n1. The standard InChI is InChI=1S/C19H14ClN3O4S/c1-2-12-6-3-4-9-15(12)16-11-17(20)22-19(21-16)23-28(26,27)14-8-5-7-13(10-14)18(24)25/h2-11H,1H2,(H,24,25)(H,21,22,23). The molecule has 1 aromatic heterocycles. The lowest BCUT2D eigenvalue weighted by atomic mass is 10.0. The predicted molar refractivity (Wildman–Crippen MR) is 107 cm³/mol. The fraction of sp³-hybridized carbons (Fsp3) is 0. The van der Waals surface area contributed by atoms with Crippen LogP contribution in [0.4, 0.5) is 5.95 Å². The summed E-state index contributed by atoms with van der Waals surface area (Å²) in [6, 6.07) is 13.7. The molecule has 0 fully saturated rings. The molecule has 0 saturated heterocycles. The molecule has 9 heteroatoms. The molecule has 2 N–H and O–H groups in total. The first-order chi connectivity index (χ1) is 13.3. The van der Waals surface area contributed by atoms with Crippen molar-refractivity contribution < 1.29 is 18.3 Å². The largest absolute Gasteiger partial charge is 0.478 e. The average Bonchev–Trinajstić information content (AvgIpc) is 2.67. The number of nitrogens with one attached hydrogen (secondary N) is 1. The summed E-state index contributed by atoms with van der Waals surface area (Å²) in [5, 5.41) is 9.09. The van der Waals surface area contributed by atoms with Crippen LogP contribution in [0.25, 0.3) is 17.3 Å². The molecule has 2 aromatic carbocycles. The summed E-state index contributed by atoms with van der Waals surface area (Å²) in [6.45, 7) is 3.75. The van der Waals surface area contributed by atoms with Gasteiger partial charge in [-0.3, -0.25) is 0 Å². The van der Waals surface area contributed by atoms with Crippen molar-refractivity contribution in [2.45, 2.75) is 4.90 Å². The summed E-state index contributed by atoms with van der Waals surface area (Å²) in [6.07, 6.45) is 1.65. The van der Waals surface area contributed by atoms with Crippen molar-refractivity contribution in [1.82, 2.24) is 9.97 Å². The monoisotopic (exact) mass is 415 g/mol. The van der Waals surface area contributed by atoms with Crippen molar-refractivity contribution >= 4 is 39.6 Å². The Bertz CT molecular complexity index is 1180. The number of rotatable bonds is 6. The maximum atomic E-state index is 12.6. The molecule has 0 aliphatic rings. The van der Waals surface area contributed by atoms with Gasteiger partial charge in [-0.2, -0.15) is 0 Å². The number of anilines is 1. The summed E-state index contributed by atoms with van der Waals surface area (Å²) >= 11 is 6.05. The van der Waals surface area contributed by atoms with E-state index in [9.17, 15) is 13.2 Å². The molecule has 1 heterocycles. The molecule has 0 aliphatic carbocycles. The number of sulfonamides is 1. The van der Waals surface area contributed by atoms with E-state index in [-0.39, 0.29) is 21.6 Å². The second-order valence-corrected chi connectivity index (χ2v) is 7.70. The second kappa shape index (κ2) is 7.79. The third-order valence-electron chi connectivity index (χ3n) is 3.77. The maximum Gasteiger partial charge on any atom is 0.335 e. The number of carboxylic acids is 1. The van der Waals surface area contributed by atoms with E-state index < -0.39 is 16.0 Å². The lowest BCUT2D eigenvalue weighted by Crippen LogP contribution is -2.16. The van der Waals surface area contributed by atoms with E-state index in [1.54, 1.807) is 18.2 Å². The smallest absolute Gasteiger partial charge is 0.335 e. The fourth-order valence-corrected chi connectivity index (χ4v) is 3.66. The van der Waals surface area contributed by atoms with Gasteiger partial charge in [-0.25, -0.2) is 27.9 Å². The molecule has 0 bridgehead atoms. The molecule has 142 valence electrons. The molecule has 3 aromatic rings. The molecule has 0 unspecified atom stereocenters. The molecule has 0 amide bonds. The molecular weight excluding hydrogens is 402 g/mol. The van der Waals surface area contributed by atoms with Crippen LogP contribution < -0.4 is 4.72 Å². The van der Waals surface area contributed by atoms with Gasteiger partial charge in [0.25, 0.3) is 10.0 Å². The number of aromatic nitrogens is 2. The molecule has 7 nitrogen and oxygen atoms in total. The molecule has 0 radical (unpaired) electrons. The van der Waals surface area contributed by atoms with Crippen LogP contribution in [0, 0.1) is 0 Å². The number of hydrogen-bond donors (Lipinski definition) is 2. The minimum atomic E-state index is -4.12. The van der Waals surface area contributed by atoms with Gasteiger partial charge in [0, 0.05) is 11.6 Å². The summed E-state index contributed by atoms with van der Waals surface area (Å²) < 4.78 is 27.5. The Morgan fingerprint density at radius 2 is 1.86 bits per heavy atom. The Kier molecular flexibility index (Phi) is 5.43. The van der Waals surface area contributed by atoms with Crippen LogP contribution in [0.5, 0.6) is 0 Å². The van der Waals surface area contributed by atoms with E-state index in [1.807, 2.05) is 12.1 Å². The normalized spacial score (nSPS) is 11.0. The van der Waals surface area contributed by atoms with Crippen molar-refractivity contribution in [1.29, 1.82) is 0 Å². The van der Waals surface area contributed by atoms with E-state index in [0.29, 0.717) is 11.3 Å². The number of aromatic carboxylic acids is 1. The van der Waals surface area contributed by atoms with Gasteiger partial charge in [-0.15, -0.1) is 0 Å². The highest BCUT2D eigenvalue weighted by Crippen LogP contribution is 2.26. The van der Waals surface area contributed by atoms with Crippen LogP contribution in [0.2, 0.25) is 5.15 Å². The third kappa shape index (κ3) is 4.19. The van der Waals surface area contributed by atoms with Gasteiger partial charge in [0.15, 0.2) is 0 Å². The summed E-state index contributed by atoms with van der Waals surface area (Å²) in [4.78, 5) is 19.0. The fourth-order valence-electron chi connectivity index (χ4n) is 2.48. The quantitative estimate of drug-likeness (QED) is 0.590. The Morgan fingerprint density at radius 1 is 1.11 bits per heavy atom. The van der Waals surface area contributed by atoms with Crippen LogP contribution in [0.3, 0.4) is 0 Å². The van der Waals surface area contributed by atoms with Crippen LogP contribution in [-0.2, 0) is 10.0 Å². The summed E-state index contributed by atoms with van der Waals surface area (Å²) in [7, 11) is -4.12. The predicted octanol–water partition coefficient (Wildman–Crippen LogP) is 3.94. The molecule has 0 aliphatic heterocycles. The van der Waals surface area contributed by atoms with Gasteiger partial charge in [-0.1, -0.05) is 54.6 Å². The number of carboxylic acid groups (broad SMARTS) is 1. The van der Waals surface area contributed by atoms with Crippen LogP contribution in [0.15, 0.2) is 66.1 Å². The number of benzene rings is 2. The van der Waals surface area contributed by atoms with E-state index in [0.717, 1.165) is 11.6 Å². The van der Waals surface area contributed by atoms with Crippen LogP contribution in [0.1, 0.15) is 15.9 Å². The van der Waals surface area contributed by atoms with Crippen molar-refractivity contribution in [2.75, 3.05) is 4.72 Å². The molecule has 0 saturated carbocycles. The van der Waals surface area contributed by atoms with E-state index in [1.165, 1.54) is 24.3 Å². The van der Waals surface area contributed by atoms with Gasteiger partial charge in [0.2, 0.25) is 5.95 Å². The number of nitrogens with zero attached hydrogens (tertiary/aromatic N) is 2. The van der Waals surface area contributed by atoms with E-state index in [4.69, 9.17) is 16.7 Å². The van der Waals surface area contributed by atoms with Crippen molar-refractivity contribution in [3.63, 3.8) is 0 Å².